The summed E-state index contributed by atoms with van der Waals surface area (Å²) in [6, 6.07) is 0.286. The second-order valence-corrected chi connectivity index (χ2v) is 6.16. The second-order valence-electron chi connectivity index (χ2n) is 5.19. The van der Waals surface area contributed by atoms with Crippen molar-refractivity contribution in [3.63, 3.8) is 0 Å². The molecular formula is C14H22N2O3S. The highest BCUT2D eigenvalue weighted by molar-refractivity contribution is 7.17. The van der Waals surface area contributed by atoms with Crippen LogP contribution in [0.3, 0.4) is 0 Å². The highest BCUT2D eigenvalue weighted by atomic mass is 32.1. The Morgan fingerprint density at radius 2 is 2.30 bits per heavy atom. The first-order chi connectivity index (χ1) is 9.56. The fourth-order valence-electron chi connectivity index (χ4n) is 2.45. The molecule has 2 unspecified atom stereocenters. The zero-order chi connectivity index (χ0) is 14.7. The summed E-state index contributed by atoms with van der Waals surface area (Å²) in [5.41, 5.74) is 0.717. The van der Waals surface area contributed by atoms with E-state index < -0.39 is 5.97 Å². The second kappa shape index (κ2) is 6.54. The van der Waals surface area contributed by atoms with Gasteiger partial charge < -0.3 is 14.7 Å². The topological polar surface area (TPSA) is 62.7 Å². The monoisotopic (exact) mass is 298 g/mol. The molecule has 20 heavy (non-hydrogen) atoms. The van der Waals surface area contributed by atoms with Gasteiger partial charge >= 0.3 is 5.97 Å². The van der Waals surface area contributed by atoms with E-state index in [2.05, 4.69) is 16.8 Å². The van der Waals surface area contributed by atoms with Crippen LogP contribution in [0.15, 0.2) is 0 Å². The zero-order valence-electron chi connectivity index (χ0n) is 12.3. The van der Waals surface area contributed by atoms with Crippen LogP contribution < -0.4 is 4.90 Å². The summed E-state index contributed by atoms with van der Waals surface area (Å²) in [6.45, 7) is 7.66. The molecule has 2 atom stereocenters. The average molecular weight is 298 g/mol. The normalized spacial score (nSPS) is 23.1. The van der Waals surface area contributed by atoms with Gasteiger partial charge in [0, 0.05) is 6.54 Å². The van der Waals surface area contributed by atoms with Gasteiger partial charge in [-0.2, -0.15) is 0 Å². The molecule has 0 radical (unpaired) electrons. The lowest BCUT2D eigenvalue weighted by molar-refractivity contribution is 0.0299. The molecule has 1 aliphatic heterocycles. The van der Waals surface area contributed by atoms with Crippen LogP contribution in [0.1, 0.15) is 49.0 Å². The van der Waals surface area contributed by atoms with Gasteiger partial charge in [0.1, 0.15) is 4.88 Å². The minimum Gasteiger partial charge on any atom is -0.477 e. The Morgan fingerprint density at radius 3 is 2.90 bits per heavy atom. The number of carboxylic acids is 1. The molecule has 1 aromatic heterocycles. The van der Waals surface area contributed by atoms with Gasteiger partial charge in [0.15, 0.2) is 5.13 Å². The van der Waals surface area contributed by atoms with Crippen LogP contribution in [-0.4, -0.2) is 41.4 Å². The molecule has 1 aliphatic rings. The van der Waals surface area contributed by atoms with Crippen LogP contribution in [0.2, 0.25) is 0 Å². The molecule has 0 amide bonds. The van der Waals surface area contributed by atoms with Gasteiger partial charge in [0.25, 0.3) is 0 Å². The maximum Gasteiger partial charge on any atom is 0.347 e. The summed E-state index contributed by atoms with van der Waals surface area (Å²) in [5.74, 6) is -0.869. The van der Waals surface area contributed by atoms with Gasteiger partial charge in [-0.1, -0.05) is 31.6 Å². The van der Waals surface area contributed by atoms with Crippen molar-refractivity contribution < 1.29 is 14.6 Å². The quantitative estimate of drug-likeness (QED) is 0.905. The standard InChI is InChI=1S/C14H22N2O3S/c1-4-6-11-12(13(17)18)20-14(15-11)16-7-9(3)19-8-10(16)5-2/h9-10H,4-8H2,1-3H3,(H,17,18). The predicted octanol–water partition coefficient (Wildman–Crippen LogP) is 2.80. The fraction of sp³-hybridized carbons (Fsp3) is 0.714. The predicted molar refractivity (Wildman–Crippen MR) is 79.9 cm³/mol. The SMILES string of the molecule is CCCc1nc(N2CC(C)OCC2CC)sc1C(=O)O. The van der Waals surface area contributed by atoms with Crippen molar-refractivity contribution >= 4 is 22.4 Å². The van der Waals surface area contributed by atoms with Crippen molar-refractivity contribution in [3.8, 4) is 0 Å². The summed E-state index contributed by atoms with van der Waals surface area (Å²) in [4.78, 5) is 18.5. The van der Waals surface area contributed by atoms with Gasteiger partial charge in [0.05, 0.1) is 24.4 Å². The van der Waals surface area contributed by atoms with E-state index in [0.29, 0.717) is 17.2 Å². The third-order valence-electron chi connectivity index (χ3n) is 3.55. The molecule has 1 fully saturated rings. The summed E-state index contributed by atoms with van der Waals surface area (Å²) in [6.07, 6.45) is 2.75. The number of ether oxygens (including phenoxy) is 1. The number of thiazole rings is 1. The minimum absolute atomic E-state index is 0.157. The third-order valence-corrected chi connectivity index (χ3v) is 4.67. The van der Waals surface area contributed by atoms with E-state index >= 15 is 0 Å². The van der Waals surface area contributed by atoms with Gasteiger partial charge in [-0.25, -0.2) is 9.78 Å². The summed E-state index contributed by atoms with van der Waals surface area (Å²) in [7, 11) is 0. The van der Waals surface area contributed by atoms with E-state index in [1.165, 1.54) is 11.3 Å². The number of aromatic nitrogens is 1. The first-order valence-electron chi connectivity index (χ1n) is 7.18. The summed E-state index contributed by atoms with van der Waals surface area (Å²) < 4.78 is 5.68. The highest BCUT2D eigenvalue weighted by Gasteiger charge is 2.29. The van der Waals surface area contributed by atoms with E-state index in [1.54, 1.807) is 0 Å². The van der Waals surface area contributed by atoms with Crippen molar-refractivity contribution in [3.05, 3.63) is 10.6 Å². The first kappa shape index (κ1) is 15.3. The molecule has 2 rings (SSSR count). The molecule has 0 aliphatic carbocycles. The number of hydrogen-bond donors (Lipinski definition) is 1. The lowest BCUT2D eigenvalue weighted by Gasteiger charge is -2.38. The smallest absolute Gasteiger partial charge is 0.347 e. The van der Waals surface area contributed by atoms with Gasteiger partial charge in [-0.15, -0.1) is 0 Å². The van der Waals surface area contributed by atoms with Crippen LogP contribution in [0.5, 0.6) is 0 Å². The molecule has 2 heterocycles. The molecule has 6 heteroatoms. The molecule has 1 saturated heterocycles. The largest absolute Gasteiger partial charge is 0.477 e. The Hall–Kier alpha value is -1.14. The summed E-state index contributed by atoms with van der Waals surface area (Å²) >= 11 is 1.29. The van der Waals surface area contributed by atoms with E-state index in [0.717, 1.165) is 30.9 Å². The molecule has 0 bridgehead atoms. The van der Waals surface area contributed by atoms with E-state index in [-0.39, 0.29) is 12.1 Å². The molecule has 0 aromatic carbocycles. The lowest BCUT2D eigenvalue weighted by Crippen LogP contribution is -2.48. The molecule has 112 valence electrons. The van der Waals surface area contributed by atoms with Crippen molar-refractivity contribution in [2.75, 3.05) is 18.1 Å². The molecular weight excluding hydrogens is 276 g/mol. The maximum absolute atomic E-state index is 11.3. The number of carbonyl (C=O) groups is 1. The molecule has 1 aromatic rings. The Morgan fingerprint density at radius 1 is 1.55 bits per heavy atom. The molecule has 5 nitrogen and oxygen atoms in total. The number of anilines is 1. The lowest BCUT2D eigenvalue weighted by atomic mass is 10.1. The average Bonchev–Trinajstić information content (AvgIpc) is 2.83. The molecule has 0 spiro atoms. The highest BCUT2D eigenvalue weighted by Crippen LogP contribution is 2.31. The van der Waals surface area contributed by atoms with Crippen LogP contribution in [0.4, 0.5) is 5.13 Å². The van der Waals surface area contributed by atoms with Crippen molar-refractivity contribution in [2.24, 2.45) is 0 Å². The Kier molecular flexibility index (Phi) is 4.99. The van der Waals surface area contributed by atoms with Gasteiger partial charge in [0.2, 0.25) is 0 Å². The van der Waals surface area contributed by atoms with E-state index in [1.807, 2.05) is 13.8 Å². The van der Waals surface area contributed by atoms with Gasteiger partial charge in [-0.05, 0) is 19.8 Å². The van der Waals surface area contributed by atoms with Crippen LogP contribution in [0.25, 0.3) is 0 Å². The Balaban J connectivity index is 2.30. The van der Waals surface area contributed by atoms with Crippen LogP contribution in [-0.2, 0) is 11.2 Å². The number of nitrogens with zero attached hydrogens (tertiary/aromatic N) is 2. The Bertz CT molecular complexity index is 475. The maximum atomic E-state index is 11.3. The van der Waals surface area contributed by atoms with E-state index in [4.69, 9.17) is 4.74 Å². The third kappa shape index (κ3) is 3.12. The van der Waals surface area contributed by atoms with Crippen molar-refractivity contribution in [1.82, 2.24) is 4.98 Å². The van der Waals surface area contributed by atoms with Crippen LogP contribution in [0, 0.1) is 0 Å². The number of rotatable bonds is 5. The first-order valence-corrected chi connectivity index (χ1v) is 7.99. The zero-order valence-corrected chi connectivity index (χ0v) is 13.1. The fourth-order valence-corrected chi connectivity index (χ4v) is 3.48. The number of hydrogen-bond acceptors (Lipinski definition) is 5. The van der Waals surface area contributed by atoms with Gasteiger partial charge in [-0.3, -0.25) is 0 Å². The van der Waals surface area contributed by atoms with E-state index in [9.17, 15) is 9.90 Å². The number of morpholine rings is 1. The Labute approximate surface area is 123 Å². The summed E-state index contributed by atoms with van der Waals surface area (Å²) in [5, 5.41) is 10.1. The number of aryl methyl sites for hydroxylation is 1. The molecule has 0 saturated carbocycles. The minimum atomic E-state index is -0.869. The van der Waals surface area contributed by atoms with Crippen LogP contribution >= 0.6 is 11.3 Å². The molecule has 1 N–H and O–H groups in total. The van der Waals surface area contributed by atoms with Crippen molar-refractivity contribution in [2.45, 2.75) is 52.2 Å². The number of aromatic carboxylic acids is 1. The van der Waals surface area contributed by atoms with Crippen molar-refractivity contribution in [1.29, 1.82) is 0 Å². The number of carboxylic acid groups (broad SMARTS) is 1.